The molecule has 5 rings (SSSR count). The summed E-state index contributed by atoms with van der Waals surface area (Å²) in [6.45, 7) is 0. The van der Waals surface area contributed by atoms with Crippen molar-refractivity contribution in [2.24, 2.45) is 32.3 Å². The van der Waals surface area contributed by atoms with Gasteiger partial charge in [0.2, 0.25) is 0 Å². The van der Waals surface area contributed by atoms with Crippen LogP contribution in [-0.4, -0.2) is 108 Å². The molecule has 14 nitrogen and oxygen atoms in total. The zero-order valence-corrected chi connectivity index (χ0v) is 28.9. The molecular formula is C29H51CuN5O9S2. The van der Waals surface area contributed by atoms with Gasteiger partial charge in [-0.2, -0.15) is 37.3 Å². The van der Waals surface area contributed by atoms with Crippen LogP contribution >= 0.6 is 0 Å². The Morgan fingerprint density at radius 1 is 0.696 bits per heavy atom. The van der Waals surface area contributed by atoms with Crippen LogP contribution in [0.3, 0.4) is 0 Å². The molecule has 5 fully saturated rings. The first-order valence-corrected chi connectivity index (χ1v) is 19.7. The van der Waals surface area contributed by atoms with Crippen molar-refractivity contribution in [3.8, 4) is 0 Å². The quantitative estimate of drug-likeness (QED) is 0.132. The molecule has 5 saturated carbocycles. The molecule has 269 valence electrons. The summed E-state index contributed by atoms with van der Waals surface area (Å²) in [5, 5.41) is 41.3. The number of hydrogen-bond acceptors (Lipinski definition) is 12. The zero-order chi connectivity index (χ0) is 32.4. The first-order valence-electron chi connectivity index (χ1n) is 16.7. The van der Waals surface area contributed by atoms with Gasteiger partial charge in [-0.05, 0) is 76.0 Å². The molecule has 5 aliphatic rings. The van der Waals surface area contributed by atoms with Crippen LogP contribution in [0.5, 0.6) is 0 Å². The molecule has 5 aliphatic carbocycles. The summed E-state index contributed by atoms with van der Waals surface area (Å²) in [6.07, 6.45) is 8.23. The average Bonchev–Trinajstić information content (AvgIpc) is 2.99. The van der Waals surface area contributed by atoms with Crippen molar-refractivity contribution in [1.82, 2.24) is 5.32 Å². The number of azo groups is 2. The van der Waals surface area contributed by atoms with Gasteiger partial charge in [-0.15, -0.1) is 0 Å². The number of ether oxygens (including phenoxy) is 1. The Bertz CT molecular complexity index is 1270. The number of nitrogens with one attached hydrogen (secondary N) is 1. The molecule has 0 amide bonds. The number of aliphatic hydroxyl groups excluding tert-OH is 2. The van der Waals surface area contributed by atoms with Gasteiger partial charge in [-0.3, -0.25) is 9.11 Å². The van der Waals surface area contributed by atoms with Gasteiger partial charge < -0.3 is 20.3 Å². The Morgan fingerprint density at radius 3 is 2.09 bits per heavy atom. The van der Waals surface area contributed by atoms with Crippen molar-refractivity contribution in [1.29, 1.82) is 0 Å². The first kappa shape index (κ1) is 38.2. The van der Waals surface area contributed by atoms with E-state index in [0.717, 1.165) is 32.1 Å². The van der Waals surface area contributed by atoms with Gasteiger partial charge in [0.25, 0.3) is 20.2 Å². The summed E-state index contributed by atoms with van der Waals surface area (Å²) in [6, 6.07) is -2.00. The van der Waals surface area contributed by atoms with Crippen LogP contribution < -0.4 is 5.32 Å². The van der Waals surface area contributed by atoms with Crippen LogP contribution in [0.2, 0.25) is 0 Å². The van der Waals surface area contributed by atoms with E-state index in [9.17, 15) is 36.2 Å². The second-order valence-corrected chi connectivity index (χ2v) is 17.4. The number of hydrogen-bond donors (Lipinski definition) is 5. The van der Waals surface area contributed by atoms with Gasteiger partial charge in [0.05, 0.1) is 41.7 Å². The molecule has 0 heterocycles. The molecule has 46 heavy (non-hydrogen) atoms. The van der Waals surface area contributed by atoms with Gasteiger partial charge in [0.1, 0.15) is 11.3 Å². The fraction of sp³-hybridized carbons (Fsp3) is 1.00. The van der Waals surface area contributed by atoms with Crippen LogP contribution in [0, 0.1) is 11.8 Å². The molecule has 0 saturated heterocycles. The van der Waals surface area contributed by atoms with Crippen LogP contribution in [0.1, 0.15) is 96.3 Å². The Balaban J connectivity index is 0.00000480. The van der Waals surface area contributed by atoms with E-state index in [2.05, 4.69) is 25.8 Å². The Labute approximate surface area is 283 Å². The van der Waals surface area contributed by atoms with E-state index >= 15 is 0 Å². The van der Waals surface area contributed by atoms with Gasteiger partial charge in [0.15, 0.2) is 0 Å². The molecule has 12 unspecified atom stereocenters. The van der Waals surface area contributed by atoms with Gasteiger partial charge in [0, 0.05) is 49.1 Å². The van der Waals surface area contributed by atoms with E-state index in [0.29, 0.717) is 25.3 Å². The van der Waals surface area contributed by atoms with E-state index in [-0.39, 0.29) is 66.7 Å². The molecule has 0 aromatic carbocycles. The van der Waals surface area contributed by atoms with Crippen molar-refractivity contribution < 1.29 is 58.0 Å². The van der Waals surface area contributed by atoms with E-state index in [4.69, 9.17) is 4.74 Å². The van der Waals surface area contributed by atoms with Crippen LogP contribution in [0.25, 0.3) is 0 Å². The minimum atomic E-state index is -4.53. The molecule has 0 aromatic heterocycles. The van der Waals surface area contributed by atoms with Crippen molar-refractivity contribution in [3.05, 3.63) is 0 Å². The zero-order valence-electron chi connectivity index (χ0n) is 26.3. The number of methoxy groups -OCH3 is 1. The summed E-state index contributed by atoms with van der Waals surface area (Å²) in [7, 11) is -7.16. The third-order valence-corrected chi connectivity index (χ3v) is 13.6. The Morgan fingerprint density at radius 2 is 1.41 bits per heavy atom. The Kier molecular flexibility index (Phi) is 13.6. The predicted octanol–water partition coefficient (Wildman–Crippen LogP) is 3.09. The topological polar surface area (TPSA) is 220 Å². The van der Waals surface area contributed by atoms with E-state index in [1.807, 2.05) is 0 Å². The fourth-order valence-corrected chi connectivity index (χ4v) is 10.5. The van der Waals surface area contributed by atoms with E-state index in [1.165, 1.54) is 26.4 Å². The number of fused-ring (bicyclic) bond motifs is 1. The number of rotatable bonds is 9. The SMILES string of the molecule is COC1CC(N=NC2C(O)C3CCC(NC4CCCCC4)CC3CC2S(=O)(=O)O)C(O)CC1N=NC1CCCC(S(=O)(=O)O)C1.[Cu]. The number of nitrogens with zero attached hydrogens (tertiary/aromatic N) is 4. The normalized spacial score (nSPS) is 41.7. The Hall–Kier alpha value is -0.621. The molecule has 0 aromatic rings. The molecule has 12 atom stereocenters. The monoisotopic (exact) mass is 740 g/mol. The van der Waals surface area contributed by atoms with Crippen LogP contribution in [0.15, 0.2) is 20.5 Å². The number of aliphatic hydroxyl groups is 2. The van der Waals surface area contributed by atoms with Crippen molar-refractivity contribution in [3.63, 3.8) is 0 Å². The molecule has 17 heteroatoms. The molecule has 0 aliphatic heterocycles. The molecule has 0 spiro atoms. The summed E-state index contributed by atoms with van der Waals surface area (Å²) >= 11 is 0. The van der Waals surface area contributed by atoms with Crippen molar-refractivity contribution in [2.45, 2.75) is 161 Å². The van der Waals surface area contributed by atoms with Crippen molar-refractivity contribution >= 4 is 20.2 Å². The third kappa shape index (κ3) is 9.54. The van der Waals surface area contributed by atoms with E-state index in [1.54, 1.807) is 0 Å². The average molecular weight is 741 g/mol. The minimum Gasteiger partial charge on any atom is -0.391 e. The van der Waals surface area contributed by atoms with Crippen LogP contribution in [-0.2, 0) is 42.0 Å². The summed E-state index contributed by atoms with van der Waals surface area (Å²) in [5.74, 6) is -0.209. The fourth-order valence-electron chi connectivity index (χ4n) is 8.56. The minimum absolute atomic E-state index is 0. The maximum absolute atomic E-state index is 12.5. The van der Waals surface area contributed by atoms with Gasteiger partial charge >= 0.3 is 0 Å². The smallest absolute Gasteiger partial charge is 0.270 e. The standard InChI is InChI=1S/C29H51N5O9S2.Cu/c1-43-26-16-23(25(35)15-24(26)33-31-20-8-5-9-21(14-20)44(37,38)39)32-34-28-27(45(40,41)42)13-17-12-19(10-11-22(17)29(28)36)30-18-6-3-2-4-7-18;/h17-30,35-36H,2-16H2,1H3,(H,37,38,39)(H,40,41,42);. The first-order chi connectivity index (χ1) is 21.3. The maximum Gasteiger partial charge on any atom is 0.270 e. The summed E-state index contributed by atoms with van der Waals surface area (Å²) < 4.78 is 73.5. The largest absolute Gasteiger partial charge is 0.391 e. The van der Waals surface area contributed by atoms with Crippen molar-refractivity contribution in [2.75, 3.05) is 7.11 Å². The third-order valence-electron chi connectivity index (χ3n) is 11.1. The summed E-state index contributed by atoms with van der Waals surface area (Å²) in [4.78, 5) is 0. The van der Waals surface area contributed by atoms with E-state index < -0.39 is 67.2 Å². The predicted molar refractivity (Wildman–Crippen MR) is 165 cm³/mol. The van der Waals surface area contributed by atoms with Gasteiger partial charge in [-0.25, -0.2) is 0 Å². The second-order valence-electron chi connectivity index (χ2n) is 14.1. The van der Waals surface area contributed by atoms with Crippen LogP contribution in [0.4, 0.5) is 0 Å². The van der Waals surface area contributed by atoms with Gasteiger partial charge in [-0.1, -0.05) is 19.3 Å². The summed E-state index contributed by atoms with van der Waals surface area (Å²) in [5.41, 5.74) is 0. The molecular weight excluding hydrogens is 690 g/mol. The molecule has 0 bridgehead atoms. The maximum atomic E-state index is 12.5. The molecule has 1 radical (unpaired) electrons. The molecule has 5 N–H and O–H groups in total. The second kappa shape index (κ2) is 16.4.